The molecule has 1 fully saturated rings. The number of ether oxygens (including phenoxy) is 1. The summed E-state index contributed by atoms with van der Waals surface area (Å²) in [5.74, 6) is 0.588. The Kier molecular flexibility index (Phi) is 8.07. The lowest BCUT2D eigenvalue weighted by Gasteiger charge is -2.32. The minimum Gasteiger partial charge on any atom is -0.481 e. The molecule has 0 amide bonds. The fourth-order valence-corrected chi connectivity index (χ4v) is 2.53. The minimum atomic E-state index is -0.672. The molecule has 1 unspecified atom stereocenters. The van der Waals surface area contributed by atoms with Gasteiger partial charge in [0.2, 0.25) is 0 Å². The predicted octanol–water partition coefficient (Wildman–Crippen LogP) is 2.63. The normalized spacial score (nSPS) is 20.9. The second kappa shape index (κ2) is 9.32. The molecule has 4 heteroatoms. The van der Waals surface area contributed by atoms with Crippen LogP contribution in [0.4, 0.5) is 0 Å². The van der Waals surface area contributed by atoms with Crippen molar-refractivity contribution >= 4 is 5.97 Å². The van der Waals surface area contributed by atoms with E-state index in [-0.39, 0.29) is 0 Å². The van der Waals surface area contributed by atoms with Crippen LogP contribution in [0.2, 0.25) is 0 Å². The van der Waals surface area contributed by atoms with Crippen molar-refractivity contribution in [3.63, 3.8) is 0 Å². The molecule has 0 spiro atoms. The smallest absolute Gasteiger partial charge is 0.303 e. The lowest BCUT2D eigenvalue weighted by molar-refractivity contribution is -0.137. The van der Waals surface area contributed by atoms with Gasteiger partial charge < -0.3 is 14.7 Å². The maximum Gasteiger partial charge on any atom is 0.303 e. The van der Waals surface area contributed by atoms with Crippen LogP contribution in [0.15, 0.2) is 0 Å². The molecule has 1 N–H and O–H groups in total. The summed E-state index contributed by atoms with van der Waals surface area (Å²) < 4.78 is 5.64. The van der Waals surface area contributed by atoms with E-state index in [1.807, 2.05) is 0 Å². The maximum atomic E-state index is 10.6. The molecule has 112 valence electrons. The number of likely N-dealkylation sites (tertiary alicyclic amines) is 1. The zero-order valence-corrected chi connectivity index (χ0v) is 12.4. The number of carbonyl (C=O) groups is 1. The maximum absolute atomic E-state index is 10.6. The Balaban J connectivity index is 2.08. The number of hydrogen-bond donors (Lipinski definition) is 1. The van der Waals surface area contributed by atoms with Gasteiger partial charge in [0.25, 0.3) is 0 Å². The molecule has 0 bridgehead atoms. The number of hydrogen-bond acceptors (Lipinski definition) is 3. The topological polar surface area (TPSA) is 49.8 Å². The molecule has 19 heavy (non-hydrogen) atoms. The highest BCUT2D eigenvalue weighted by Crippen LogP contribution is 2.20. The van der Waals surface area contributed by atoms with Crippen LogP contribution in [-0.2, 0) is 9.53 Å². The van der Waals surface area contributed by atoms with Crippen molar-refractivity contribution in [2.75, 3.05) is 32.8 Å². The molecule has 0 aliphatic carbocycles. The highest BCUT2D eigenvalue weighted by molar-refractivity contribution is 5.66. The van der Waals surface area contributed by atoms with Gasteiger partial charge in [-0.15, -0.1) is 0 Å². The SMILES string of the molecule is CC(C)CCOCCN1CCCC(CCC(=O)O)C1. The summed E-state index contributed by atoms with van der Waals surface area (Å²) in [5, 5.41) is 8.72. The van der Waals surface area contributed by atoms with Crippen LogP contribution in [0.25, 0.3) is 0 Å². The van der Waals surface area contributed by atoms with Crippen molar-refractivity contribution in [3.8, 4) is 0 Å². The van der Waals surface area contributed by atoms with E-state index in [0.29, 0.717) is 18.3 Å². The molecule has 0 aromatic rings. The number of nitrogens with zero attached hydrogens (tertiary/aromatic N) is 1. The van der Waals surface area contributed by atoms with Gasteiger partial charge >= 0.3 is 5.97 Å². The second-order valence-corrected chi connectivity index (χ2v) is 6.04. The van der Waals surface area contributed by atoms with Gasteiger partial charge in [0.1, 0.15) is 0 Å². The van der Waals surface area contributed by atoms with Crippen molar-refractivity contribution in [3.05, 3.63) is 0 Å². The van der Waals surface area contributed by atoms with Crippen molar-refractivity contribution in [1.82, 2.24) is 4.90 Å². The van der Waals surface area contributed by atoms with E-state index >= 15 is 0 Å². The van der Waals surface area contributed by atoms with Crippen molar-refractivity contribution < 1.29 is 14.6 Å². The van der Waals surface area contributed by atoms with Crippen LogP contribution >= 0.6 is 0 Å². The number of carboxylic acids is 1. The zero-order valence-electron chi connectivity index (χ0n) is 12.4. The summed E-state index contributed by atoms with van der Waals surface area (Å²) in [7, 11) is 0. The van der Waals surface area contributed by atoms with Crippen LogP contribution in [0.5, 0.6) is 0 Å². The van der Waals surface area contributed by atoms with Gasteiger partial charge in [-0.25, -0.2) is 0 Å². The third kappa shape index (κ3) is 8.22. The van der Waals surface area contributed by atoms with Crippen LogP contribution in [-0.4, -0.2) is 48.8 Å². The van der Waals surface area contributed by atoms with Crippen LogP contribution < -0.4 is 0 Å². The Morgan fingerprint density at radius 1 is 1.42 bits per heavy atom. The van der Waals surface area contributed by atoms with Gasteiger partial charge in [-0.1, -0.05) is 13.8 Å². The summed E-state index contributed by atoms with van der Waals surface area (Å²) in [4.78, 5) is 13.0. The average molecular weight is 271 g/mol. The van der Waals surface area contributed by atoms with Gasteiger partial charge in [0, 0.05) is 26.1 Å². The summed E-state index contributed by atoms with van der Waals surface area (Å²) in [5.41, 5.74) is 0. The number of aliphatic carboxylic acids is 1. The van der Waals surface area contributed by atoms with E-state index in [2.05, 4.69) is 18.7 Å². The number of rotatable bonds is 9. The molecule has 1 aliphatic heterocycles. The zero-order chi connectivity index (χ0) is 14.1. The van der Waals surface area contributed by atoms with Crippen LogP contribution in [0.3, 0.4) is 0 Å². The third-order valence-electron chi connectivity index (χ3n) is 3.76. The van der Waals surface area contributed by atoms with Gasteiger partial charge in [0.05, 0.1) is 6.61 Å². The molecule has 1 atom stereocenters. The quantitative estimate of drug-likeness (QED) is 0.655. The highest BCUT2D eigenvalue weighted by Gasteiger charge is 2.20. The first-order chi connectivity index (χ1) is 9.08. The molecule has 0 radical (unpaired) electrons. The van der Waals surface area contributed by atoms with Gasteiger partial charge in [0.15, 0.2) is 0 Å². The molecule has 0 saturated carbocycles. The lowest BCUT2D eigenvalue weighted by atomic mass is 9.93. The van der Waals surface area contributed by atoms with Gasteiger partial charge in [-0.3, -0.25) is 4.79 Å². The first-order valence-corrected chi connectivity index (χ1v) is 7.60. The fraction of sp³-hybridized carbons (Fsp3) is 0.933. The van der Waals surface area contributed by atoms with Crippen molar-refractivity contribution in [1.29, 1.82) is 0 Å². The van der Waals surface area contributed by atoms with Gasteiger partial charge in [-0.05, 0) is 44.1 Å². The highest BCUT2D eigenvalue weighted by atomic mass is 16.5. The number of piperidine rings is 1. The Labute approximate surface area is 117 Å². The Morgan fingerprint density at radius 3 is 2.89 bits per heavy atom. The average Bonchev–Trinajstić information content (AvgIpc) is 2.36. The molecule has 0 aromatic heterocycles. The Bertz CT molecular complexity index is 256. The summed E-state index contributed by atoms with van der Waals surface area (Å²) >= 11 is 0. The molecule has 1 aliphatic rings. The van der Waals surface area contributed by atoms with E-state index in [0.717, 1.165) is 45.7 Å². The first kappa shape index (κ1) is 16.4. The largest absolute Gasteiger partial charge is 0.481 e. The van der Waals surface area contributed by atoms with Crippen molar-refractivity contribution in [2.24, 2.45) is 11.8 Å². The van der Waals surface area contributed by atoms with Gasteiger partial charge in [-0.2, -0.15) is 0 Å². The summed E-state index contributed by atoms with van der Waals surface area (Å²) in [6, 6.07) is 0. The molecule has 1 saturated heterocycles. The van der Waals surface area contributed by atoms with Crippen molar-refractivity contribution in [2.45, 2.75) is 46.0 Å². The Hall–Kier alpha value is -0.610. The molecule has 4 nitrogen and oxygen atoms in total. The monoisotopic (exact) mass is 271 g/mol. The molecule has 0 aromatic carbocycles. The minimum absolute atomic E-state index is 0.309. The Morgan fingerprint density at radius 2 is 2.21 bits per heavy atom. The van der Waals surface area contributed by atoms with E-state index < -0.39 is 5.97 Å². The standard InChI is InChI=1S/C15H29NO3/c1-13(2)7-10-19-11-9-16-8-3-4-14(12-16)5-6-15(17)18/h13-14H,3-12H2,1-2H3,(H,17,18). The molecule has 1 rings (SSSR count). The lowest BCUT2D eigenvalue weighted by Crippen LogP contribution is -2.37. The second-order valence-electron chi connectivity index (χ2n) is 6.04. The van der Waals surface area contributed by atoms with Crippen LogP contribution in [0.1, 0.15) is 46.0 Å². The van der Waals surface area contributed by atoms with E-state index in [4.69, 9.17) is 9.84 Å². The number of carboxylic acid groups (broad SMARTS) is 1. The fourth-order valence-electron chi connectivity index (χ4n) is 2.53. The molecular formula is C15H29NO3. The predicted molar refractivity (Wildman–Crippen MR) is 76.3 cm³/mol. The van der Waals surface area contributed by atoms with Crippen LogP contribution in [0, 0.1) is 11.8 Å². The van der Waals surface area contributed by atoms with E-state index in [1.54, 1.807) is 0 Å². The first-order valence-electron chi connectivity index (χ1n) is 7.60. The summed E-state index contributed by atoms with van der Waals surface area (Å²) in [6.45, 7) is 9.24. The molecular weight excluding hydrogens is 242 g/mol. The summed E-state index contributed by atoms with van der Waals surface area (Å²) in [6.07, 6.45) is 4.62. The van der Waals surface area contributed by atoms with E-state index in [9.17, 15) is 4.79 Å². The van der Waals surface area contributed by atoms with E-state index in [1.165, 1.54) is 12.8 Å². The third-order valence-corrected chi connectivity index (χ3v) is 3.76. The molecule has 1 heterocycles.